The molecule has 23 heavy (non-hydrogen) atoms. The number of hydrogen-bond donors (Lipinski definition) is 1. The van der Waals surface area contributed by atoms with Crippen LogP contribution in [0.4, 0.5) is 5.13 Å². The fourth-order valence-electron chi connectivity index (χ4n) is 2.63. The third-order valence-corrected chi connectivity index (χ3v) is 4.65. The fraction of sp³-hybridized carbons (Fsp3) is 0.263. The van der Waals surface area contributed by atoms with E-state index in [0.717, 1.165) is 29.4 Å². The van der Waals surface area contributed by atoms with Crippen molar-refractivity contribution < 1.29 is 0 Å². The molecule has 0 amide bonds. The first kappa shape index (κ1) is 15.7. The van der Waals surface area contributed by atoms with Crippen molar-refractivity contribution >= 4 is 16.5 Å². The number of anilines is 1. The Labute approximate surface area is 141 Å². The fourth-order valence-corrected chi connectivity index (χ4v) is 3.65. The molecule has 0 bridgehead atoms. The molecule has 0 atom stereocenters. The molecule has 0 spiro atoms. The molecule has 3 nitrogen and oxygen atoms in total. The van der Waals surface area contributed by atoms with Gasteiger partial charge >= 0.3 is 0 Å². The van der Waals surface area contributed by atoms with E-state index in [1.807, 2.05) is 24.5 Å². The molecule has 0 unspecified atom stereocenters. The van der Waals surface area contributed by atoms with Gasteiger partial charge in [0.1, 0.15) is 0 Å². The second-order valence-corrected chi connectivity index (χ2v) is 6.73. The maximum absolute atomic E-state index is 4.86. The first-order valence-corrected chi connectivity index (χ1v) is 8.73. The molecule has 1 N–H and O–H groups in total. The summed E-state index contributed by atoms with van der Waals surface area (Å²) in [6.45, 7) is 7.36. The first-order chi connectivity index (χ1) is 11.2. The van der Waals surface area contributed by atoms with Crippen LogP contribution in [0.2, 0.25) is 0 Å². The predicted octanol–water partition coefficient (Wildman–Crippen LogP) is 5.31. The third-order valence-electron chi connectivity index (χ3n) is 3.59. The van der Waals surface area contributed by atoms with E-state index >= 15 is 0 Å². The Morgan fingerprint density at radius 3 is 2.35 bits per heavy atom. The van der Waals surface area contributed by atoms with Crippen LogP contribution < -0.4 is 5.32 Å². The number of benzene rings is 1. The van der Waals surface area contributed by atoms with Crippen LogP contribution in [0.15, 0.2) is 42.7 Å². The number of nitrogens with one attached hydrogen (secondary N) is 1. The average Bonchev–Trinajstić information content (AvgIpc) is 2.97. The minimum atomic E-state index is 0.940. The Bertz CT molecular complexity index is 773. The quantitative estimate of drug-likeness (QED) is 0.691. The van der Waals surface area contributed by atoms with Crippen molar-refractivity contribution in [2.75, 3.05) is 11.9 Å². The molecule has 3 rings (SSSR count). The van der Waals surface area contributed by atoms with Gasteiger partial charge in [0.2, 0.25) is 0 Å². The summed E-state index contributed by atoms with van der Waals surface area (Å²) in [6, 6.07) is 10.7. The Balaban J connectivity index is 2.11. The van der Waals surface area contributed by atoms with Crippen LogP contribution in [-0.4, -0.2) is 16.5 Å². The van der Waals surface area contributed by atoms with Crippen LogP contribution in [0.25, 0.3) is 21.7 Å². The molecule has 0 fully saturated rings. The minimum Gasteiger partial charge on any atom is -0.361 e. The Hall–Kier alpha value is -2.20. The lowest BCUT2D eigenvalue weighted by Crippen LogP contribution is -1.98. The van der Waals surface area contributed by atoms with Gasteiger partial charge in [0.05, 0.1) is 10.6 Å². The van der Waals surface area contributed by atoms with E-state index in [4.69, 9.17) is 4.98 Å². The monoisotopic (exact) mass is 323 g/mol. The molecule has 0 saturated carbocycles. The van der Waals surface area contributed by atoms with Crippen molar-refractivity contribution in [1.82, 2.24) is 9.97 Å². The van der Waals surface area contributed by atoms with Gasteiger partial charge in [-0.15, -0.1) is 0 Å². The van der Waals surface area contributed by atoms with E-state index in [9.17, 15) is 0 Å². The molecule has 118 valence electrons. The van der Waals surface area contributed by atoms with Gasteiger partial charge in [0, 0.05) is 24.5 Å². The summed E-state index contributed by atoms with van der Waals surface area (Å²) in [5, 5.41) is 4.40. The van der Waals surface area contributed by atoms with Gasteiger partial charge in [-0.2, -0.15) is 0 Å². The third kappa shape index (κ3) is 3.59. The normalized spacial score (nSPS) is 10.7. The molecule has 0 radical (unpaired) electrons. The van der Waals surface area contributed by atoms with Gasteiger partial charge in [-0.05, 0) is 50.1 Å². The highest BCUT2D eigenvalue weighted by Crippen LogP contribution is 2.39. The highest BCUT2D eigenvalue weighted by atomic mass is 32.1. The smallest absolute Gasteiger partial charge is 0.183 e. The molecule has 1 aromatic carbocycles. The van der Waals surface area contributed by atoms with Gasteiger partial charge in [-0.3, -0.25) is 4.98 Å². The van der Waals surface area contributed by atoms with Crippen LogP contribution >= 0.6 is 11.3 Å². The van der Waals surface area contributed by atoms with E-state index in [1.165, 1.54) is 21.6 Å². The molecular formula is C19H21N3S. The van der Waals surface area contributed by atoms with E-state index in [0.29, 0.717) is 0 Å². The molecule has 0 saturated heterocycles. The zero-order chi connectivity index (χ0) is 16.2. The molecule has 0 aliphatic carbocycles. The summed E-state index contributed by atoms with van der Waals surface area (Å²) in [6.07, 6.45) is 4.75. The highest BCUT2D eigenvalue weighted by molar-refractivity contribution is 7.19. The summed E-state index contributed by atoms with van der Waals surface area (Å²) in [5.41, 5.74) is 5.91. The lowest BCUT2D eigenvalue weighted by atomic mass is 10.0. The van der Waals surface area contributed by atoms with Crippen LogP contribution in [0.5, 0.6) is 0 Å². The summed E-state index contributed by atoms with van der Waals surface area (Å²) in [4.78, 5) is 10.2. The lowest BCUT2D eigenvalue weighted by Gasteiger charge is -2.05. The largest absolute Gasteiger partial charge is 0.361 e. The molecule has 3 aromatic rings. The number of aryl methyl sites for hydroxylation is 2. The zero-order valence-electron chi connectivity index (χ0n) is 13.8. The number of hydrogen-bond acceptors (Lipinski definition) is 4. The van der Waals surface area contributed by atoms with Gasteiger partial charge in [-0.1, -0.05) is 35.5 Å². The summed E-state index contributed by atoms with van der Waals surface area (Å²) in [7, 11) is 0. The zero-order valence-corrected chi connectivity index (χ0v) is 14.6. The molecule has 4 heteroatoms. The summed E-state index contributed by atoms with van der Waals surface area (Å²) in [5.74, 6) is 0. The van der Waals surface area contributed by atoms with E-state index in [1.54, 1.807) is 11.3 Å². The van der Waals surface area contributed by atoms with Gasteiger partial charge in [0.15, 0.2) is 5.13 Å². The van der Waals surface area contributed by atoms with Crippen molar-refractivity contribution in [3.8, 4) is 21.7 Å². The summed E-state index contributed by atoms with van der Waals surface area (Å²) < 4.78 is 0. The number of nitrogens with zero attached hydrogens (tertiary/aromatic N) is 2. The van der Waals surface area contributed by atoms with Crippen molar-refractivity contribution in [2.24, 2.45) is 0 Å². The van der Waals surface area contributed by atoms with Gasteiger partial charge < -0.3 is 5.32 Å². The van der Waals surface area contributed by atoms with Gasteiger partial charge in [0.25, 0.3) is 0 Å². The van der Waals surface area contributed by atoms with Crippen molar-refractivity contribution in [2.45, 2.75) is 27.2 Å². The lowest BCUT2D eigenvalue weighted by molar-refractivity contribution is 0.976. The standard InChI is InChI=1S/C19H21N3S/c1-4-7-21-19-22-17(16-11-13(2)10-14(3)12-16)18(23-19)15-5-8-20-9-6-15/h5-6,8-12H,4,7H2,1-3H3,(H,21,22). The average molecular weight is 323 g/mol. The van der Waals surface area contributed by atoms with Crippen LogP contribution in [-0.2, 0) is 0 Å². The number of rotatable bonds is 5. The highest BCUT2D eigenvalue weighted by Gasteiger charge is 2.15. The number of pyridine rings is 1. The Kier molecular flexibility index (Phi) is 4.72. The van der Waals surface area contributed by atoms with E-state index in [-0.39, 0.29) is 0 Å². The Morgan fingerprint density at radius 1 is 1.00 bits per heavy atom. The maximum Gasteiger partial charge on any atom is 0.183 e. The molecule has 0 aliphatic rings. The second kappa shape index (κ2) is 6.92. The molecule has 2 heterocycles. The van der Waals surface area contributed by atoms with Gasteiger partial charge in [-0.25, -0.2) is 4.98 Å². The Morgan fingerprint density at radius 2 is 1.70 bits per heavy atom. The maximum atomic E-state index is 4.86. The van der Waals surface area contributed by atoms with Crippen LogP contribution in [0, 0.1) is 13.8 Å². The van der Waals surface area contributed by atoms with E-state index in [2.05, 4.69) is 49.3 Å². The predicted molar refractivity (Wildman–Crippen MR) is 99.0 cm³/mol. The first-order valence-electron chi connectivity index (χ1n) is 7.91. The van der Waals surface area contributed by atoms with Crippen molar-refractivity contribution in [1.29, 1.82) is 0 Å². The van der Waals surface area contributed by atoms with Crippen LogP contribution in [0.1, 0.15) is 24.5 Å². The topological polar surface area (TPSA) is 37.8 Å². The SMILES string of the molecule is CCCNc1nc(-c2cc(C)cc(C)c2)c(-c2ccncc2)s1. The second-order valence-electron chi connectivity index (χ2n) is 5.74. The number of aromatic nitrogens is 2. The number of thiazole rings is 1. The molecule has 0 aliphatic heterocycles. The van der Waals surface area contributed by atoms with E-state index < -0.39 is 0 Å². The van der Waals surface area contributed by atoms with Crippen molar-refractivity contribution in [3.63, 3.8) is 0 Å². The van der Waals surface area contributed by atoms with Crippen LogP contribution in [0.3, 0.4) is 0 Å². The van der Waals surface area contributed by atoms with Crippen molar-refractivity contribution in [3.05, 3.63) is 53.9 Å². The minimum absolute atomic E-state index is 0.940. The molecular weight excluding hydrogens is 302 g/mol. The molecule has 2 aromatic heterocycles. The summed E-state index contributed by atoms with van der Waals surface area (Å²) >= 11 is 1.71.